The van der Waals surface area contributed by atoms with Crippen LogP contribution in [0.1, 0.15) is 5.76 Å². The zero-order valence-electron chi connectivity index (χ0n) is 14.3. The van der Waals surface area contributed by atoms with Gasteiger partial charge in [-0.3, -0.25) is 9.71 Å². The first kappa shape index (κ1) is 17.6. The van der Waals surface area contributed by atoms with E-state index in [1.807, 2.05) is 30.3 Å². The highest BCUT2D eigenvalue weighted by Crippen LogP contribution is 2.34. The summed E-state index contributed by atoms with van der Waals surface area (Å²) >= 11 is 6.39. The molecule has 0 unspecified atom stereocenters. The molecule has 0 aliphatic heterocycles. The molecule has 0 aliphatic rings. The predicted molar refractivity (Wildman–Crippen MR) is 106 cm³/mol. The number of nitrogens with zero attached hydrogens (tertiary/aromatic N) is 1. The van der Waals surface area contributed by atoms with Crippen LogP contribution in [0.4, 0.5) is 5.69 Å². The summed E-state index contributed by atoms with van der Waals surface area (Å²) in [6.07, 6.45) is 1.70. The Kier molecular flexibility index (Phi) is 4.37. The minimum absolute atomic E-state index is 0.139. The topological polar surface area (TPSA) is 72.2 Å². The molecule has 1 N–H and O–H groups in total. The number of benzene rings is 2. The summed E-state index contributed by atoms with van der Waals surface area (Å²) in [5.41, 5.74) is 1.70. The average Bonchev–Trinajstić information content (AvgIpc) is 3.10. The molecule has 0 saturated carbocycles. The summed E-state index contributed by atoms with van der Waals surface area (Å²) in [5, 5.41) is 2.30. The van der Waals surface area contributed by atoms with E-state index in [0.29, 0.717) is 27.7 Å². The fraction of sp³-hybridized carbons (Fsp3) is 0.0500. The van der Waals surface area contributed by atoms with Crippen LogP contribution in [0, 0.1) is 6.92 Å². The Labute approximate surface area is 161 Å². The van der Waals surface area contributed by atoms with Gasteiger partial charge in [-0.05, 0) is 48.7 Å². The number of pyridine rings is 1. The van der Waals surface area contributed by atoms with Gasteiger partial charge in [-0.25, -0.2) is 0 Å². The van der Waals surface area contributed by atoms with Gasteiger partial charge in [-0.15, -0.1) is 0 Å². The van der Waals surface area contributed by atoms with Crippen LogP contribution < -0.4 is 4.72 Å². The summed E-state index contributed by atoms with van der Waals surface area (Å²) in [6.45, 7) is 1.69. The Bertz CT molecular complexity index is 1240. The largest absolute Gasteiger partial charge is 0.448 e. The van der Waals surface area contributed by atoms with Gasteiger partial charge in [0.15, 0.2) is 0 Å². The summed E-state index contributed by atoms with van der Waals surface area (Å²) in [4.78, 5) is 4.46. The summed E-state index contributed by atoms with van der Waals surface area (Å²) in [5.74, 6) is 0.520. The molecule has 0 radical (unpaired) electrons. The maximum absolute atomic E-state index is 12.5. The molecule has 0 atom stereocenters. The van der Waals surface area contributed by atoms with Crippen molar-refractivity contribution in [3.05, 3.63) is 77.6 Å². The molecule has 2 aromatic carbocycles. The molecule has 5 nitrogen and oxygen atoms in total. The number of fused-ring (bicyclic) bond motifs is 1. The molecule has 4 rings (SSSR count). The quantitative estimate of drug-likeness (QED) is 0.509. The fourth-order valence-corrected chi connectivity index (χ4v) is 4.10. The van der Waals surface area contributed by atoms with Crippen LogP contribution in [0.2, 0.25) is 5.02 Å². The smallest absolute Gasteiger partial charge is 0.295 e. The Morgan fingerprint density at radius 3 is 2.63 bits per heavy atom. The Morgan fingerprint density at radius 2 is 1.85 bits per heavy atom. The first-order chi connectivity index (χ1) is 12.9. The van der Waals surface area contributed by atoms with Crippen molar-refractivity contribution in [2.45, 2.75) is 12.0 Å². The number of hydrogen-bond acceptors (Lipinski definition) is 4. The van der Waals surface area contributed by atoms with Crippen LogP contribution in [0.3, 0.4) is 0 Å². The van der Waals surface area contributed by atoms with Crippen molar-refractivity contribution in [2.75, 3.05) is 4.72 Å². The van der Waals surface area contributed by atoms with Gasteiger partial charge in [0.1, 0.15) is 5.76 Å². The second-order valence-corrected chi connectivity index (χ2v) is 8.07. The minimum Gasteiger partial charge on any atom is -0.448 e. The highest BCUT2D eigenvalue weighted by atomic mass is 35.5. The van der Waals surface area contributed by atoms with E-state index in [2.05, 4.69) is 9.71 Å². The number of furan rings is 1. The van der Waals surface area contributed by atoms with E-state index in [0.717, 1.165) is 10.8 Å². The lowest BCUT2D eigenvalue weighted by molar-refractivity contribution is 0.430. The lowest BCUT2D eigenvalue weighted by Gasteiger charge is -2.11. The van der Waals surface area contributed by atoms with Gasteiger partial charge in [-0.2, -0.15) is 8.42 Å². The molecule has 0 spiro atoms. The number of hydrogen-bond donors (Lipinski definition) is 1. The Hall–Kier alpha value is -2.83. The van der Waals surface area contributed by atoms with E-state index in [1.54, 1.807) is 37.4 Å². The summed E-state index contributed by atoms with van der Waals surface area (Å²) in [7, 11) is -3.83. The van der Waals surface area contributed by atoms with Gasteiger partial charge in [0, 0.05) is 22.8 Å². The van der Waals surface area contributed by atoms with Gasteiger partial charge in [0.25, 0.3) is 10.0 Å². The SMILES string of the molecule is Cc1ccc(S(=O)(=O)Nc2ccc(Cl)c(-c3nccc4ccccc34)c2)o1. The molecule has 0 aliphatic carbocycles. The standard InChI is InChI=1S/C20H15ClN2O3S/c1-13-6-9-19(26-13)27(24,25)23-15-7-8-18(21)17(12-15)20-16-5-3-2-4-14(16)10-11-22-20/h2-12,23H,1H3. The number of nitrogens with one attached hydrogen (secondary N) is 1. The van der Waals surface area contributed by atoms with Crippen LogP contribution in [0.15, 0.2) is 76.4 Å². The zero-order valence-corrected chi connectivity index (χ0v) is 15.9. The van der Waals surface area contributed by atoms with Gasteiger partial charge < -0.3 is 4.42 Å². The number of aromatic nitrogens is 1. The Balaban J connectivity index is 1.78. The molecule has 7 heteroatoms. The Morgan fingerprint density at radius 1 is 1.04 bits per heavy atom. The van der Waals surface area contributed by atoms with Gasteiger partial charge in [0.2, 0.25) is 5.09 Å². The number of aryl methyl sites for hydroxylation is 1. The first-order valence-electron chi connectivity index (χ1n) is 8.17. The first-order valence-corrected chi connectivity index (χ1v) is 10.0. The number of halogens is 1. The second kappa shape index (κ2) is 6.72. The van der Waals surface area contributed by atoms with E-state index in [-0.39, 0.29) is 5.09 Å². The number of rotatable bonds is 4. The van der Waals surface area contributed by atoms with Crippen molar-refractivity contribution in [3.63, 3.8) is 0 Å². The third kappa shape index (κ3) is 3.41. The van der Waals surface area contributed by atoms with Crippen molar-refractivity contribution in [1.29, 1.82) is 0 Å². The molecular weight excluding hydrogens is 384 g/mol. The van der Waals surface area contributed by atoms with Crippen molar-refractivity contribution >= 4 is 38.1 Å². The minimum atomic E-state index is -3.83. The third-order valence-electron chi connectivity index (χ3n) is 4.13. The van der Waals surface area contributed by atoms with E-state index in [9.17, 15) is 8.42 Å². The zero-order chi connectivity index (χ0) is 19.0. The normalized spacial score (nSPS) is 11.6. The van der Waals surface area contributed by atoms with Crippen LogP contribution in [-0.4, -0.2) is 13.4 Å². The van der Waals surface area contributed by atoms with Gasteiger partial charge in [0.05, 0.1) is 10.7 Å². The molecule has 0 amide bonds. The van der Waals surface area contributed by atoms with Crippen LogP contribution in [0.25, 0.3) is 22.0 Å². The second-order valence-electron chi connectivity index (χ2n) is 6.05. The molecule has 136 valence electrons. The van der Waals surface area contributed by atoms with E-state index in [1.165, 1.54) is 6.07 Å². The summed E-state index contributed by atoms with van der Waals surface area (Å²) < 4.78 is 32.8. The van der Waals surface area contributed by atoms with Crippen LogP contribution in [-0.2, 0) is 10.0 Å². The monoisotopic (exact) mass is 398 g/mol. The van der Waals surface area contributed by atoms with E-state index < -0.39 is 10.0 Å². The molecule has 0 fully saturated rings. The van der Waals surface area contributed by atoms with Crippen LogP contribution in [0.5, 0.6) is 0 Å². The third-order valence-corrected chi connectivity index (χ3v) is 5.71. The maximum atomic E-state index is 12.5. The van der Waals surface area contributed by atoms with Crippen molar-refractivity contribution in [1.82, 2.24) is 4.98 Å². The van der Waals surface area contributed by atoms with Gasteiger partial charge in [-0.1, -0.05) is 35.9 Å². The van der Waals surface area contributed by atoms with Gasteiger partial charge >= 0.3 is 0 Å². The lowest BCUT2D eigenvalue weighted by Crippen LogP contribution is -2.12. The molecule has 2 heterocycles. The van der Waals surface area contributed by atoms with Crippen molar-refractivity contribution < 1.29 is 12.8 Å². The van der Waals surface area contributed by atoms with E-state index in [4.69, 9.17) is 16.0 Å². The number of sulfonamides is 1. The highest BCUT2D eigenvalue weighted by Gasteiger charge is 2.19. The average molecular weight is 399 g/mol. The molecule has 0 saturated heterocycles. The molecule has 27 heavy (non-hydrogen) atoms. The molecule has 2 aromatic heterocycles. The van der Waals surface area contributed by atoms with Crippen LogP contribution >= 0.6 is 11.6 Å². The molecule has 0 bridgehead atoms. The van der Waals surface area contributed by atoms with E-state index >= 15 is 0 Å². The summed E-state index contributed by atoms with van der Waals surface area (Å²) in [6, 6.07) is 17.7. The molecule has 4 aromatic rings. The predicted octanol–water partition coefficient (Wildman–Crippen LogP) is 5.26. The number of anilines is 1. The van der Waals surface area contributed by atoms with Crippen molar-refractivity contribution in [2.24, 2.45) is 0 Å². The maximum Gasteiger partial charge on any atom is 0.295 e. The fourth-order valence-electron chi connectivity index (χ4n) is 2.87. The lowest BCUT2D eigenvalue weighted by atomic mass is 10.0. The highest BCUT2D eigenvalue weighted by molar-refractivity contribution is 7.92. The molecular formula is C20H15ClN2O3S. The van der Waals surface area contributed by atoms with Crippen molar-refractivity contribution in [3.8, 4) is 11.3 Å².